The summed E-state index contributed by atoms with van der Waals surface area (Å²) in [5.41, 5.74) is 1.76. The highest BCUT2D eigenvalue weighted by Crippen LogP contribution is 2.23. The Labute approximate surface area is 176 Å². The van der Waals surface area contributed by atoms with Crippen LogP contribution in [0.2, 0.25) is 0 Å². The van der Waals surface area contributed by atoms with E-state index < -0.39 is 0 Å². The summed E-state index contributed by atoms with van der Waals surface area (Å²) in [6.45, 7) is 2.76. The highest BCUT2D eigenvalue weighted by atomic mass is 16.5. The zero-order valence-electron chi connectivity index (χ0n) is 17.0. The third-order valence-electron chi connectivity index (χ3n) is 5.47. The number of carbonyl (C=O) groups excluding carboxylic acids is 2. The minimum Gasteiger partial charge on any atom is -0.483 e. The molecule has 0 radical (unpaired) electrons. The fourth-order valence-electron chi connectivity index (χ4n) is 3.79. The molecule has 0 unspecified atom stereocenters. The van der Waals surface area contributed by atoms with Crippen LogP contribution in [0.5, 0.6) is 5.75 Å². The number of aromatic nitrogens is 2. The van der Waals surface area contributed by atoms with E-state index in [2.05, 4.69) is 12.0 Å². The number of piperidine rings is 1. The zero-order chi connectivity index (χ0) is 20.9. The number of amides is 1. The van der Waals surface area contributed by atoms with Gasteiger partial charge < -0.3 is 9.64 Å². The Hall–Kier alpha value is -3.41. The van der Waals surface area contributed by atoms with E-state index in [4.69, 9.17) is 4.74 Å². The summed E-state index contributed by atoms with van der Waals surface area (Å²) in [6.07, 6.45) is 6.45. The fraction of sp³-hybridized carbons (Fsp3) is 0.292. The molecule has 0 N–H and O–H groups in total. The van der Waals surface area contributed by atoms with Crippen LogP contribution < -0.4 is 4.74 Å². The van der Waals surface area contributed by atoms with E-state index in [0.717, 1.165) is 31.5 Å². The molecule has 0 aliphatic carbocycles. The summed E-state index contributed by atoms with van der Waals surface area (Å²) in [6, 6.07) is 16.9. The van der Waals surface area contributed by atoms with Gasteiger partial charge in [-0.3, -0.25) is 9.59 Å². The zero-order valence-corrected chi connectivity index (χ0v) is 17.0. The van der Waals surface area contributed by atoms with Crippen molar-refractivity contribution in [1.82, 2.24) is 14.7 Å². The second kappa shape index (κ2) is 8.95. The molecule has 30 heavy (non-hydrogen) atoms. The van der Waals surface area contributed by atoms with Gasteiger partial charge in [0.15, 0.2) is 12.4 Å². The number of rotatable bonds is 6. The van der Waals surface area contributed by atoms with E-state index in [9.17, 15) is 9.59 Å². The van der Waals surface area contributed by atoms with E-state index in [-0.39, 0.29) is 24.3 Å². The number of ether oxygens (including phenoxy) is 1. The monoisotopic (exact) mass is 403 g/mol. The second-order valence-electron chi connectivity index (χ2n) is 7.56. The molecule has 4 rings (SSSR count). The number of ketones is 1. The number of hydrogen-bond acceptors (Lipinski definition) is 4. The van der Waals surface area contributed by atoms with Crippen LogP contribution in [0.1, 0.15) is 42.1 Å². The molecule has 1 amide bonds. The van der Waals surface area contributed by atoms with Gasteiger partial charge in [-0.1, -0.05) is 30.3 Å². The number of carbonyl (C=O) groups is 2. The van der Waals surface area contributed by atoms with E-state index in [1.54, 1.807) is 41.3 Å². The summed E-state index contributed by atoms with van der Waals surface area (Å²) < 4.78 is 7.46. The lowest BCUT2D eigenvalue weighted by Crippen LogP contribution is -2.44. The predicted octanol–water partition coefficient (Wildman–Crippen LogP) is 3.88. The van der Waals surface area contributed by atoms with Gasteiger partial charge in [-0.15, -0.1) is 0 Å². The fourth-order valence-corrected chi connectivity index (χ4v) is 3.79. The van der Waals surface area contributed by atoms with Crippen LogP contribution in [0.4, 0.5) is 0 Å². The van der Waals surface area contributed by atoms with Crippen LogP contribution in [0.3, 0.4) is 0 Å². The van der Waals surface area contributed by atoms with E-state index in [1.807, 2.05) is 35.2 Å². The van der Waals surface area contributed by atoms with Gasteiger partial charge >= 0.3 is 0 Å². The smallest absolute Gasteiger partial charge is 0.260 e. The summed E-state index contributed by atoms with van der Waals surface area (Å²) in [7, 11) is 0. The molecular weight excluding hydrogens is 378 g/mol. The van der Waals surface area contributed by atoms with Crippen molar-refractivity contribution in [3.05, 3.63) is 78.1 Å². The Morgan fingerprint density at radius 3 is 2.63 bits per heavy atom. The van der Waals surface area contributed by atoms with Gasteiger partial charge in [0.25, 0.3) is 5.91 Å². The third-order valence-corrected chi connectivity index (χ3v) is 5.47. The molecule has 0 spiro atoms. The lowest BCUT2D eigenvalue weighted by atomic mass is 10.0. The molecule has 2 aromatic carbocycles. The first-order chi connectivity index (χ1) is 14.6. The second-order valence-corrected chi connectivity index (χ2v) is 7.56. The molecule has 1 atom stereocenters. The van der Waals surface area contributed by atoms with Gasteiger partial charge in [0.2, 0.25) is 0 Å². The molecule has 3 aromatic rings. The molecule has 1 saturated heterocycles. The van der Waals surface area contributed by atoms with Gasteiger partial charge in [-0.25, -0.2) is 4.68 Å². The van der Waals surface area contributed by atoms with Crippen molar-refractivity contribution in [3.63, 3.8) is 0 Å². The summed E-state index contributed by atoms with van der Waals surface area (Å²) in [4.78, 5) is 27.6. The maximum absolute atomic E-state index is 13.1. The van der Waals surface area contributed by atoms with Crippen molar-refractivity contribution in [2.75, 3.05) is 13.2 Å². The SMILES string of the molecule is C[C@@H]1CCCCN1C(=O)COc1ccccc1C(=O)c1cnn(-c2ccccc2)c1. The Morgan fingerprint density at radius 1 is 1.07 bits per heavy atom. The normalized spacial score (nSPS) is 16.3. The van der Waals surface area contributed by atoms with Crippen molar-refractivity contribution in [3.8, 4) is 11.4 Å². The van der Waals surface area contributed by atoms with Crippen molar-refractivity contribution < 1.29 is 14.3 Å². The quantitative estimate of drug-likeness (QED) is 0.586. The largest absolute Gasteiger partial charge is 0.483 e. The first-order valence-corrected chi connectivity index (χ1v) is 10.3. The molecule has 1 aliphatic heterocycles. The van der Waals surface area contributed by atoms with Crippen molar-refractivity contribution in [1.29, 1.82) is 0 Å². The average Bonchev–Trinajstić information content (AvgIpc) is 3.28. The summed E-state index contributed by atoms with van der Waals surface area (Å²) >= 11 is 0. The van der Waals surface area contributed by atoms with Gasteiger partial charge in [-0.05, 0) is 50.5 Å². The highest BCUT2D eigenvalue weighted by molar-refractivity contribution is 6.10. The van der Waals surface area contributed by atoms with Crippen molar-refractivity contribution >= 4 is 11.7 Å². The summed E-state index contributed by atoms with van der Waals surface area (Å²) in [5.74, 6) is 0.181. The van der Waals surface area contributed by atoms with Gasteiger partial charge in [0.05, 0.1) is 23.0 Å². The third kappa shape index (κ3) is 4.27. The predicted molar refractivity (Wildman–Crippen MR) is 114 cm³/mol. The molecule has 0 saturated carbocycles. The van der Waals surface area contributed by atoms with Crippen LogP contribution >= 0.6 is 0 Å². The molecular formula is C24H25N3O3. The average molecular weight is 403 g/mol. The first kappa shape index (κ1) is 19.9. The van der Waals surface area contributed by atoms with Crippen LogP contribution in [-0.4, -0.2) is 45.6 Å². The van der Waals surface area contributed by atoms with Gasteiger partial charge in [0, 0.05) is 18.8 Å². The highest BCUT2D eigenvalue weighted by Gasteiger charge is 2.24. The van der Waals surface area contributed by atoms with Gasteiger partial charge in [-0.2, -0.15) is 5.10 Å². The van der Waals surface area contributed by atoms with E-state index >= 15 is 0 Å². The van der Waals surface area contributed by atoms with Crippen LogP contribution in [0, 0.1) is 0 Å². The number of likely N-dealkylation sites (tertiary alicyclic amines) is 1. The molecule has 6 heteroatoms. The maximum atomic E-state index is 13.1. The van der Waals surface area contributed by atoms with E-state index in [0.29, 0.717) is 16.9 Å². The molecule has 1 aromatic heterocycles. The minimum absolute atomic E-state index is 0.0404. The maximum Gasteiger partial charge on any atom is 0.260 e. The van der Waals surface area contributed by atoms with E-state index in [1.165, 1.54) is 0 Å². The number of benzene rings is 2. The van der Waals surface area contributed by atoms with Crippen LogP contribution in [-0.2, 0) is 4.79 Å². The molecule has 154 valence electrons. The van der Waals surface area contributed by atoms with Crippen molar-refractivity contribution in [2.45, 2.75) is 32.2 Å². The number of nitrogens with zero attached hydrogens (tertiary/aromatic N) is 3. The van der Waals surface area contributed by atoms with Crippen molar-refractivity contribution in [2.24, 2.45) is 0 Å². The number of para-hydroxylation sites is 2. The lowest BCUT2D eigenvalue weighted by molar-refractivity contribution is -0.136. The molecule has 1 aliphatic rings. The lowest BCUT2D eigenvalue weighted by Gasteiger charge is -2.33. The standard InChI is InChI=1S/C24H25N3O3/c1-18-9-7-8-14-26(18)23(28)17-30-22-13-6-5-12-21(22)24(29)19-15-25-27(16-19)20-10-3-2-4-11-20/h2-6,10-13,15-16,18H,7-9,14,17H2,1H3/t18-/m1/s1. The molecule has 2 heterocycles. The Morgan fingerprint density at radius 2 is 1.83 bits per heavy atom. The van der Waals surface area contributed by atoms with Crippen LogP contribution in [0.15, 0.2) is 67.0 Å². The minimum atomic E-state index is -0.188. The Kier molecular flexibility index (Phi) is 5.93. The van der Waals surface area contributed by atoms with Crippen LogP contribution in [0.25, 0.3) is 5.69 Å². The summed E-state index contributed by atoms with van der Waals surface area (Å²) in [5, 5.41) is 4.30. The molecule has 1 fully saturated rings. The first-order valence-electron chi connectivity index (χ1n) is 10.3. The Balaban J connectivity index is 1.48. The van der Waals surface area contributed by atoms with Gasteiger partial charge in [0.1, 0.15) is 5.75 Å². The Bertz CT molecular complexity index is 1030. The number of hydrogen-bond donors (Lipinski definition) is 0. The molecule has 0 bridgehead atoms. The topological polar surface area (TPSA) is 64.4 Å². The molecule has 6 nitrogen and oxygen atoms in total.